The second-order valence-corrected chi connectivity index (χ2v) is 12.7. The van der Waals surface area contributed by atoms with E-state index in [-0.39, 0.29) is 40.0 Å². The maximum Gasteiger partial charge on any atom is 0.223 e. The van der Waals surface area contributed by atoms with Crippen LogP contribution in [0.1, 0.15) is 87.5 Å². The van der Waals surface area contributed by atoms with Crippen LogP contribution in [-0.4, -0.2) is 31.7 Å². The quantitative estimate of drug-likeness (QED) is 0.283. The average molecular weight is 584 g/mol. The number of allylic oxidation sites excluding steroid dienone is 4. The maximum absolute atomic E-state index is 12.2. The van der Waals surface area contributed by atoms with Crippen LogP contribution in [0.25, 0.3) is 0 Å². The summed E-state index contributed by atoms with van der Waals surface area (Å²) in [5, 5.41) is 0. The number of carbonyl (C=O) groups is 3. The molecule has 4 unspecified atom stereocenters. The Labute approximate surface area is 256 Å². The van der Waals surface area contributed by atoms with E-state index in [1.807, 2.05) is 12.1 Å². The van der Waals surface area contributed by atoms with E-state index in [1.165, 1.54) is 42.4 Å². The molecule has 3 aliphatic rings. The Morgan fingerprint density at radius 1 is 0.977 bits per heavy atom. The van der Waals surface area contributed by atoms with Crippen LogP contribution in [0, 0.1) is 11.3 Å². The highest BCUT2D eigenvalue weighted by Gasteiger charge is 2.54. The SMILES string of the molecule is C=CC(C1=CC(=O)C(OC)=CC1=O)c1ccc(OC)cc1.CC(C)c1ccc2c(c1)CCC1C(C)(C(N)=O)CCCC21C. The van der Waals surface area contributed by atoms with Crippen LogP contribution in [0.2, 0.25) is 0 Å². The molecule has 0 aliphatic heterocycles. The van der Waals surface area contributed by atoms with E-state index in [9.17, 15) is 14.4 Å². The fourth-order valence-electron chi connectivity index (χ4n) is 7.38. The number of nitrogens with two attached hydrogens (primary N) is 1. The van der Waals surface area contributed by atoms with Crippen molar-refractivity contribution in [3.63, 3.8) is 0 Å². The summed E-state index contributed by atoms with van der Waals surface area (Å²) in [5.74, 6) is 0.721. The molecular weight excluding hydrogens is 538 g/mol. The number of ether oxygens (including phenoxy) is 2. The zero-order valence-corrected chi connectivity index (χ0v) is 26.4. The van der Waals surface area contributed by atoms with Gasteiger partial charge in [-0.05, 0) is 83.4 Å². The Hall–Kier alpha value is -3.93. The number of fused-ring (bicyclic) bond motifs is 3. The number of ketones is 2. The highest BCUT2D eigenvalue weighted by atomic mass is 16.5. The van der Waals surface area contributed by atoms with Gasteiger partial charge in [-0.1, -0.05) is 70.5 Å². The third-order valence-electron chi connectivity index (χ3n) is 9.95. The van der Waals surface area contributed by atoms with Crippen LogP contribution in [0.15, 0.2) is 78.6 Å². The predicted octanol–water partition coefficient (Wildman–Crippen LogP) is 6.88. The van der Waals surface area contributed by atoms with Crippen LogP contribution in [0.4, 0.5) is 0 Å². The number of hydrogen-bond acceptors (Lipinski definition) is 5. The zero-order chi connectivity index (χ0) is 31.5. The van der Waals surface area contributed by atoms with E-state index in [0.29, 0.717) is 17.4 Å². The summed E-state index contributed by atoms with van der Waals surface area (Å²) >= 11 is 0. The Kier molecular flexibility index (Phi) is 9.48. The number of amides is 1. The van der Waals surface area contributed by atoms with Gasteiger partial charge in [0.05, 0.1) is 14.2 Å². The lowest BCUT2D eigenvalue weighted by Crippen LogP contribution is -2.54. The second-order valence-electron chi connectivity index (χ2n) is 12.7. The number of methoxy groups -OCH3 is 2. The van der Waals surface area contributed by atoms with Gasteiger partial charge in [0, 0.05) is 23.0 Å². The van der Waals surface area contributed by atoms with Crippen LogP contribution in [0.3, 0.4) is 0 Å². The van der Waals surface area contributed by atoms with Gasteiger partial charge in [-0.25, -0.2) is 0 Å². The first kappa shape index (κ1) is 32.0. The third-order valence-corrected chi connectivity index (χ3v) is 9.95. The fraction of sp³-hybridized carbons (Fsp3) is 0.432. The standard InChI is InChI=1S/C20H29NO.C17H16O4/c1-13(2)14-6-8-16-15(12-14)7-9-17-19(16,3)10-5-11-20(17,4)18(21)22;1-4-13(11-5-7-12(20-2)8-6-11)14-9-16(19)17(21-3)10-15(14)18/h6,8,12-13,17H,5,7,9-11H2,1-4H3,(H2,21,22);4-10,13H,1H2,2-3H3. The van der Waals surface area contributed by atoms with Crippen molar-refractivity contribution < 1.29 is 23.9 Å². The van der Waals surface area contributed by atoms with Crippen LogP contribution >= 0.6 is 0 Å². The van der Waals surface area contributed by atoms with Crippen molar-refractivity contribution in [3.8, 4) is 5.75 Å². The lowest BCUT2D eigenvalue weighted by Gasteiger charge is -2.54. The monoisotopic (exact) mass is 583 g/mol. The molecule has 0 heterocycles. The summed E-state index contributed by atoms with van der Waals surface area (Å²) in [6.07, 6.45) is 9.57. The lowest BCUT2D eigenvalue weighted by atomic mass is 9.49. The first-order chi connectivity index (χ1) is 20.4. The topological polar surface area (TPSA) is 95.7 Å². The molecule has 2 N–H and O–H groups in total. The molecule has 0 aromatic heterocycles. The molecule has 0 radical (unpaired) electrons. The summed E-state index contributed by atoms with van der Waals surface area (Å²) in [6.45, 7) is 12.7. The van der Waals surface area contributed by atoms with E-state index in [4.69, 9.17) is 15.2 Å². The number of hydrogen-bond donors (Lipinski definition) is 1. The van der Waals surface area contributed by atoms with Gasteiger partial charge >= 0.3 is 0 Å². The molecule has 6 nitrogen and oxygen atoms in total. The van der Waals surface area contributed by atoms with E-state index in [2.05, 4.69) is 52.5 Å². The van der Waals surface area contributed by atoms with Crippen LogP contribution in [-0.2, 0) is 31.0 Å². The summed E-state index contributed by atoms with van der Waals surface area (Å²) in [6, 6.07) is 14.3. The van der Waals surface area contributed by atoms with Gasteiger partial charge in [-0.2, -0.15) is 0 Å². The molecule has 4 atom stereocenters. The molecule has 0 spiro atoms. The van der Waals surface area contributed by atoms with Crippen molar-refractivity contribution >= 4 is 17.5 Å². The van der Waals surface area contributed by atoms with Gasteiger partial charge in [0.2, 0.25) is 11.7 Å². The number of carbonyl (C=O) groups excluding carboxylic acids is 3. The van der Waals surface area contributed by atoms with E-state index >= 15 is 0 Å². The number of benzene rings is 2. The molecule has 1 fully saturated rings. The molecule has 1 saturated carbocycles. The molecule has 0 saturated heterocycles. The highest BCUT2D eigenvalue weighted by Crippen LogP contribution is 2.57. The van der Waals surface area contributed by atoms with Crippen molar-refractivity contribution in [1.29, 1.82) is 0 Å². The van der Waals surface area contributed by atoms with Gasteiger partial charge < -0.3 is 15.2 Å². The van der Waals surface area contributed by atoms with Crippen molar-refractivity contribution in [1.82, 2.24) is 0 Å². The summed E-state index contributed by atoms with van der Waals surface area (Å²) < 4.78 is 9.98. The van der Waals surface area contributed by atoms with Crippen molar-refractivity contribution in [3.05, 3.63) is 101 Å². The molecule has 228 valence electrons. The number of aryl methyl sites for hydroxylation is 1. The third kappa shape index (κ3) is 6.11. The van der Waals surface area contributed by atoms with Gasteiger partial charge in [0.1, 0.15) is 5.75 Å². The Bertz CT molecular complexity index is 1470. The Morgan fingerprint density at radius 3 is 2.23 bits per heavy atom. The van der Waals surface area contributed by atoms with Gasteiger partial charge in [-0.15, -0.1) is 6.58 Å². The molecule has 3 aliphatic carbocycles. The van der Waals surface area contributed by atoms with Gasteiger partial charge in [0.25, 0.3) is 0 Å². The Balaban J connectivity index is 0.000000197. The molecule has 2 aromatic rings. The van der Waals surface area contributed by atoms with Gasteiger partial charge in [0.15, 0.2) is 11.5 Å². The van der Waals surface area contributed by atoms with Crippen molar-refractivity contribution in [2.45, 2.75) is 77.0 Å². The van der Waals surface area contributed by atoms with Crippen molar-refractivity contribution in [2.24, 2.45) is 17.1 Å². The summed E-state index contributed by atoms with van der Waals surface area (Å²) in [7, 11) is 2.95. The fourth-order valence-corrected chi connectivity index (χ4v) is 7.38. The molecule has 1 amide bonds. The predicted molar refractivity (Wildman–Crippen MR) is 170 cm³/mol. The largest absolute Gasteiger partial charge is 0.497 e. The highest BCUT2D eigenvalue weighted by molar-refractivity contribution is 6.19. The van der Waals surface area contributed by atoms with E-state index in [1.54, 1.807) is 25.3 Å². The van der Waals surface area contributed by atoms with Gasteiger partial charge in [-0.3, -0.25) is 14.4 Å². The first-order valence-electron chi connectivity index (χ1n) is 15.1. The molecular formula is C37H45NO5. The average Bonchev–Trinajstić information content (AvgIpc) is 2.99. The van der Waals surface area contributed by atoms with E-state index < -0.39 is 0 Å². The van der Waals surface area contributed by atoms with Crippen LogP contribution in [0.5, 0.6) is 5.75 Å². The number of primary amides is 1. The minimum absolute atomic E-state index is 0.0568. The summed E-state index contributed by atoms with van der Waals surface area (Å²) in [5.41, 5.74) is 11.2. The maximum atomic E-state index is 12.2. The van der Waals surface area contributed by atoms with Crippen molar-refractivity contribution in [2.75, 3.05) is 14.2 Å². The second kappa shape index (κ2) is 12.7. The molecule has 5 rings (SSSR count). The Morgan fingerprint density at radius 2 is 1.65 bits per heavy atom. The molecule has 0 bridgehead atoms. The minimum Gasteiger partial charge on any atom is -0.497 e. The first-order valence-corrected chi connectivity index (χ1v) is 15.1. The molecule has 2 aromatic carbocycles. The minimum atomic E-state index is -0.346. The summed E-state index contributed by atoms with van der Waals surface area (Å²) in [4.78, 5) is 36.2. The van der Waals surface area contributed by atoms with E-state index in [0.717, 1.165) is 37.0 Å². The lowest BCUT2D eigenvalue weighted by molar-refractivity contribution is -0.135. The molecule has 43 heavy (non-hydrogen) atoms. The smallest absolute Gasteiger partial charge is 0.223 e. The van der Waals surface area contributed by atoms with Crippen LogP contribution < -0.4 is 10.5 Å². The normalized spacial score (nSPS) is 25.2. The number of rotatable bonds is 7. The zero-order valence-electron chi connectivity index (χ0n) is 26.4. The molecule has 6 heteroatoms.